The van der Waals surface area contributed by atoms with Gasteiger partial charge in [0, 0.05) is 6.04 Å². The highest BCUT2D eigenvalue weighted by molar-refractivity contribution is 5.07. The van der Waals surface area contributed by atoms with Crippen LogP contribution >= 0.6 is 0 Å². The van der Waals surface area contributed by atoms with Crippen LogP contribution in [0.3, 0.4) is 0 Å². The molecule has 1 aromatic heterocycles. The van der Waals surface area contributed by atoms with Gasteiger partial charge in [-0.15, -0.1) is 0 Å². The van der Waals surface area contributed by atoms with E-state index in [0.29, 0.717) is 6.04 Å². The van der Waals surface area contributed by atoms with Crippen molar-refractivity contribution in [3.63, 3.8) is 0 Å². The second-order valence-corrected chi connectivity index (χ2v) is 5.37. The summed E-state index contributed by atoms with van der Waals surface area (Å²) in [6, 6.07) is 2.73. The number of furan rings is 1. The van der Waals surface area contributed by atoms with Crippen molar-refractivity contribution in [1.82, 2.24) is 5.32 Å². The van der Waals surface area contributed by atoms with Crippen LogP contribution in [0.2, 0.25) is 0 Å². The molecule has 1 aliphatic rings. The molecule has 1 atom stereocenters. The Kier molecular flexibility index (Phi) is 5.11. The minimum atomic E-state index is 0.635. The van der Waals surface area contributed by atoms with Gasteiger partial charge in [-0.3, -0.25) is 0 Å². The van der Waals surface area contributed by atoms with Crippen LogP contribution < -0.4 is 5.32 Å². The second kappa shape index (κ2) is 6.85. The molecule has 17 heavy (non-hydrogen) atoms. The average molecular weight is 235 g/mol. The molecular weight excluding hydrogens is 210 g/mol. The molecule has 1 unspecified atom stereocenters. The standard InChI is InChI=1S/C15H25NO/c1-2-8-16-15(10-13-5-3-4-6-13)11-14-7-9-17-12-14/h7,9,12-13,15-16H,2-6,8,10-11H2,1H3. The lowest BCUT2D eigenvalue weighted by atomic mass is 9.94. The van der Waals surface area contributed by atoms with E-state index in [1.165, 1.54) is 44.1 Å². The molecule has 0 saturated heterocycles. The molecule has 96 valence electrons. The van der Waals surface area contributed by atoms with Crippen molar-refractivity contribution >= 4 is 0 Å². The highest BCUT2D eigenvalue weighted by Gasteiger charge is 2.20. The molecule has 0 aromatic carbocycles. The van der Waals surface area contributed by atoms with Crippen molar-refractivity contribution in [2.24, 2.45) is 5.92 Å². The van der Waals surface area contributed by atoms with Crippen LogP contribution in [0.1, 0.15) is 51.0 Å². The molecule has 1 fully saturated rings. The van der Waals surface area contributed by atoms with Crippen LogP contribution in [0.15, 0.2) is 23.0 Å². The quantitative estimate of drug-likeness (QED) is 0.778. The third-order valence-corrected chi connectivity index (χ3v) is 3.84. The first-order valence-corrected chi connectivity index (χ1v) is 7.13. The van der Waals surface area contributed by atoms with Crippen LogP contribution in [0.25, 0.3) is 0 Å². The van der Waals surface area contributed by atoms with Crippen molar-refractivity contribution < 1.29 is 4.42 Å². The van der Waals surface area contributed by atoms with E-state index in [1.54, 1.807) is 6.26 Å². The Morgan fingerprint density at radius 1 is 1.41 bits per heavy atom. The van der Waals surface area contributed by atoms with Crippen molar-refractivity contribution in [3.05, 3.63) is 24.2 Å². The fourth-order valence-corrected chi connectivity index (χ4v) is 2.93. The number of nitrogens with one attached hydrogen (secondary N) is 1. The number of rotatable bonds is 7. The molecular formula is C15H25NO. The zero-order valence-electron chi connectivity index (χ0n) is 11.0. The first kappa shape index (κ1) is 12.7. The fourth-order valence-electron chi connectivity index (χ4n) is 2.93. The summed E-state index contributed by atoms with van der Waals surface area (Å²) in [5.41, 5.74) is 1.33. The molecule has 2 rings (SSSR count). The lowest BCUT2D eigenvalue weighted by molar-refractivity contribution is 0.384. The Hall–Kier alpha value is -0.760. The smallest absolute Gasteiger partial charge is 0.0935 e. The summed E-state index contributed by atoms with van der Waals surface area (Å²) in [4.78, 5) is 0. The van der Waals surface area contributed by atoms with E-state index < -0.39 is 0 Å². The van der Waals surface area contributed by atoms with E-state index in [-0.39, 0.29) is 0 Å². The van der Waals surface area contributed by atoms with Gasteiger partial charge in [-0.05, 0) is 43.4 Å². The van der Waals surface area contributed by atoms with E-state index in [9.17, 15) is 0 Å². The molecule has 1 aromatic rings. The minimum absolute atomic E-state index is 0.635. The molecule has 0 spiro atoms. The molecule has 0 bridgehead atoms. The minimum Gasteiger partial charge on any atom is -0.472 e. The summed E-state index contributed by atoms with van der Waals surface area (Å²) in [5, 5.41) is 3.69. The molecule has 2 heteroatoms. The van der Waals surface area contributed by atoms with Crippen LogP contribution in [-0.2, 0) is 6.42 Å². The number of hydrogen-bond donors (Lipinski definition) is 1. The summed E-state index contributed by atoms with van der Waals surface area (Å²) < 4.78 is 5.16. The second-order valence-electron chi connectivity index (χ2n) is 5.37. The van der Waals surface area contributed by atoms with E-state index in [0.717, 1.165) is 18.9 Å². The monoisotopic (exact) mass is 235 g/mol. The summed E-state index contributed by atoms with van der Waals surface area (Å²) in [5.74, 6) is 0.955. The van der Waals surface area contributed by atoms with E-state index in [2.05, 4.69) is 18.3 Å². The first-order chi connectivity index (χ1) is 8.38. The van der Waals surface area contributed by atoms with Crippen LogP contribution in [0.4, 0.5) is 0 Å². The normalized spacial score (nSPS) is 18.6. The highest BCUT2D eigenvalue weighted by atomic mass is 16.3. The molecule has 1 heterocycles. The largest absolute Gasteiger partial charge is 0.472 e. The predicted octanol–water partition coefficient (Wildman–Crippen LogP) is 3.77. The predicted molar refractivity (Wildman–Crippen MR) is 71.1 cm³/mol. The highest BCUT2D eigenvalue weighted by Crippen LogP contribution is 2.29. The Morgan fingerprint density at radius 2 is 2.24 bits per heavy atom. The van der Waals surface area contributed by atoms with Gasteiger partial charge in [0.15, 0.2) is 0 Å². The van der Waals surface area contributed by atoms with Gasteiger partial charge in [0.1, 0.15) is 0 Å². The van der Waals surface area contributed by atoms with Crippen LogP contribution in [0.5, 0.6) is 0 Å². The van der Waals surface area contributed by atoms with Crippen molar-refractivity contribution in [3.8, 4) is 0 Å². The summed E-state index contributed by atoms with van der Waals surface area (Å²) in [6.07, 6.45) is 13.1. The van der Waals surface area contributed by atoms with E-state index in [1.807, 2.05) is 6.26 Å². The van der Waals surface area contributed by atoms with Gasteiger partial charge in [0.25, 0.3) is 0 Å². The molecule has 1 saturated carbocycles. The van der Waals surface area contributed by atoms with Gasteiger partial charge in [-0.1, -0.05) is 32.6 Å². The first-order valence-electron chi connectivity index (χ1n) is 7.13. The number of hydrogen-bond acceptors (Lipinski definition) is 2. The third-order valence-electron chi connectivity index (χ3n) is 3.84. The maximum Gasteiger partial charge on any atom is 0.0935 e. The van der Waals surface area contributed by atoms with Gasteiger partial charge in [0.2, 0.25) is 0 Å². The van der Waals surface area contributed by atoms with Crippen molar-refractivity contribution in [2.75, 3.05) is 6.54 Å². The zero-order chi connectivity index (χ0) is 11.9. The van der Waals surface area contributed by atoms with Crippen molar-refractivity contribution in [1.29, 1.82) is 0 Å². The lowest BCUT2D eigenvalue weighted by Gasteiger charge is -2.21. The van der Waals surface area contributed by atoms with Crippen molar-refractivity contribution in [2.45, 2.75) is 57.9 Å². The molecule has 2 nitrogen and oxygen atoms in total. The van der Waals surface area contributed by atoms with Crippen LogP contribution in [0, 0.1) is 5.92 Å². The Balaban J connectivity index is 1.83. The molecule has 0 radical (unpaired) electrons. The van der Waals surface area contributed by atoms with E-state index in [4.69, 9.17) is 4.42 Å². The Labute approximate surface area is 105 Å². The summed E-state index contributed by atoms with van der Waals surface area (Å²) in [6.45, 7) is 3.37. The third kappa shape index (κ3) is 4.19. The average Bonchev–Trinajstić information content (AvgIpc) is 2.99. The Bertz CT molecular complexity index is 288. The molecule has 0 amide bonds. The zero-order valence-corrected chi connectivity index (χ0v) is 11.0. The van der Waals surface area contributed by atoms with Gasteiger partial charge >= 0.3 is 0 Å². The van der Waals surface area contributed by atoms with Crippen LogP contribution in [-0.4, -0.2) is 12.6 Å². The van der Waals surface area contributed by atoms with Gasteiger partial charge in [-0.2, -0.15) is 0 Å². The molecule has 1 aliphatic carbocycles. The Morgan fingerprint density at radius 3 is 2.88 bits per heavy atom. The summed E-state index contributed by atoms with van der Waals surface area (Å²) in [7, 11) is 0. The van der Waals surface area contributed by atoms with Gasteiger partial charge < -0.3 is 9.73 Å². The summed E-state index contributed by atoms with van der Waals surface area (Å²) >= 11 is 0. The lowest BCUT2D eigenvalue weighted by Crippen LogP contribution is -2.33. The molecule has 1 N–H and O–H groups in total. The maximum atomic E-state index is 5.16. The SMILES string of the molecule is CCCNC(Cc1ccoc1)CC1CCCC1. The van der Waals surface area contributed by atoms with Gasteiger partial charge in [0.05, 0.1) is 12.5 Å². The fraction of sp³-hybridized carbons (Fsp3) is 0.733. The van der Waals surface area contributed by atoms with E-state index >= 15 is 0 Å². The topological polar surface area (TPSA) is 25.2 Å². The van der Waals surface area contributed by atoms with Gasteiger partial charge in [-0.25, -0.2) is 0 Å². The molecule has 0 aliphatic heterocycles. The maximum absolute atomic E-state index is 5.16.